The Kier molecular flexibility index (Phi) is 20.0. The van der Waals surface area contributed by atoms with E-state index in [1.807, 2.05) is 0 Å². The van der Waals surface area contributed by atoms with Crippen molar-refractivity contribution in [1.29, 1.82) is 0 Å². The van der Waals surface area contributed by atoms with Gasteiger partial charge in [-0.05, 0) is 133 Å². The van der Waals surface area contributed by atoms with Gasteiger partial charge in [-0.15, -0.1) is 26.3 Å². The lowest BCUT2D eigenvalue weighted by molar-refractivity contribution is -0.275. The van der Waals surface area contributed by atoms with E-state index in [0.717, 1.165) is 97.2 Å². The largest absolute Gasteiger partial charge is 0.573 e. The van der Waals surface area contributed by atoms with Crippen LogP contribution in [0, 0.1) is 23.7 Å². The molecule has 0 aromatic heterocycles. The number of alkyl halides is 10. The van der Waals surface area contributed by atoms with Gasteiger partial charge in [-0.25, -0.2) is 0 Å². The Morgan fingerprint density at radius 3 is 0.940 bits per heavy atom. The third-order valence-corrected chi connectivity index (χ3v) is 13.0. The lowest BCUT2D eigenvalue weighted by atomic mass is 9.78. The summed E-state index contributed by atoms with van der Waals surface area (Å²) in [7, 11) is 0. The molecule has 67 heavy (non-hydrogen) atoms. The molecular weight excluding hydrogens is 891 g/mol. The van der Waals surface area contributed by atoms with Crippen molar-refractivity contribution in [3.63, 3.8) is 0 Å². The number of unbranched alkanes of at least 4 members (excludes halogenated alkanes) is 3. The smallest absolute Gasteiger partial charge is 0.429 e. The molecule has 0 radical (unpaired) electrons. The Morgan fingerprint density at radius 2 is 0.642 bits per heavy atom. The van der Waals surface area contributed by atoms with E-state index in [-0.39, 0.29) is 22.6 Å². The molecule has 2 saturated carbocycles. The van der Waals surface area contributed by atoms with E-state index >= 15 is 0 Å². The Balaban J connectivity index is 0.000000251. The summed E-state index contributed by atoms with van der Waals surface area (Å²) < 4.78 is 148. The van der Waals surface area contributed by atoms with Crippen LogP contribution in [0.15, 0.2) is 97.1 Å². The van der Waals surface area contributed by atoms with Gasteiger partial charge in [0, 0.05) is 0 Å². The summed E-state index contributed by atoms with van der Waals surface area (Å²) in [6, 6.07) is 20.0. The molecule has 0 aliphatic heterocycles. The molecule has 0 unspecified atom stereocenters. The van der Waals surface area contributed by atoms with Gasteiger partial charge < -0.3 is 18.9 Å². The zero-order valence-electron chi connectivity index (χ0n) is 38.4. The highest BCUT2D eigenvalue weighted by Gasteiger charge is 2.37. The summed E-state index contributed by atoms with van der Waals surface area (Å²) >= 11 is 0. The van der Waals surface area contributed by atoms with Gasteiger partial charge in [0.05, 0.1) is 11.1 Å². The van der Waals surface area contributed by atoms with Crippen molar-refractivity contribution >= 4 is 0 Å². The van der Waals surface area contributed by atoms with Crippen molar-refractivity contribution < 1.29 is 62.9 Å². The number of halogens is 10. The molecule has 370 valence electrons. The van der Waals surface area contributed by atoms with Crippen LogP contribution >= 0.6 is 0 Å². The van der Waals surface area contributed by atoms with Gasteiger partial charge in [-0.1, -0.05) is 134 Å². The fourth-order valence-corrected chi connectivity index (χ4v) is 9.10. The fourth-order valence-electron chi connectivity index (χ4n) is 9.10. The van der Waals surface area contributed by atoms with Gasteiger partial charge in [0.1, 0.15) is 23.0 Å². The number of benzene rings is 4. The highest BCUT2D eigenvalue weighted by Crippen LogP contribution is 2.38. The average Bonchev–Trinajstić information content (AvgIpc) is 3.28. The maximum Gasteiger partial charge on any atom is 0.573 e. The van der Waals surface area contributed by atoms with Crippen LogP contribution in [-0.4, -0.2) is 12.7 Å². The number of hydrogen-bond donors (Lipinski definition) is 0. The minimum Gasteiger partial charge on any atom is -0.429 e. The van der Waals surface area contributed by atoms with Crippen molar-refractivity contribution in [1.82, 2.24) is 0 Å². The zero-order chi connectivity index (χ0) is 48.5. The van der Waals surface area contributed by atoms with Gasteiger partial charge in [0.25, 0.3) is 0 Å². The minimum atomic E-state index is -4.85. The first kappa shape index (κ1) is 53.3. The van der Waals surface area contributed by atoms with E-state index < -0.39 is 36.4 Å². The van der Waals surface area contributed by atoms with E-state index in [2.05, 4.69) is 23.3 Å². The van der Waals surface area contributed by atoms with Crippen LogP contribution in [0.1, 0.15) is 145 Å². The van der Waals surface area contributed by atoms with Crippen molar-refractivity contribution in [3.05, 3.63) is 119 Å². The third-order valence-electron chi connectivity index (χ3n) is 13.0. The summed E-state index contributed by atoms with van der Waals surface area (Å²) in [5.41, 5.74) is 1.41. The molecule has 4 aromatic carbocycles. The van der Waals surface area contributed by atoms with Crippen molar-refractivity contribution in [2.24, 2.45) is 23.7 Å². The third kappa shape index (κ3) is 19.1. The zero-order valence-corrected chi connectivity index (χ0v) is 38.4. The van der Waals surface area contributed by atoms with E-state index in [1.165, 1.54) is 121 Å². The molecular formula is C53H64F10O4. The first-order valence-corrected chi connectivity index (χ1v) is 23.8. The number of aryl methyl sites for hydroxylation is 2. The summed E-state index contributed by atoms with van der Waals surface area (Å²) in [6.07, 6.45) is 6.37. The summed E-state index contributed by atoms with van der Waals surface area (Å²) in [5.74, 6) is 1.64. The van der Waals surface area contributed by atoms with Gasteiger partial charge in [0.2, 0.25) is 0 Å². The van der Waals surface area contributed by atoms with E-state index in [0.29, 0.717) is 11.8 Å². The van der Waals surface area contributed by atoms with E-state index in [1.54, 1.807) is 24.3 Å². The quantitative estimate of drug-likeness (QED) is 0.0616. The molecule has 2 aliphatic rings. The Morgan fingerprint density at radius 1 is 0.358 bits per heavy atom. The second kappa shape index (κ2) is 25.1. The van der Waals surface area contributed by atoms with Crippen LogP contribution in [0.25, 0.3) is 0 Å². The molecule has 0 spiro atoms. The van der Waals surface area contributed by atoms with Crippen LogP contribution in [-0.2, 0) is 25.1 Å². The number of ether oxygens (including phenoxy) is 4. The molecule has 14 heteroatoms. The lowest BCUT2D eigenvalue weighted by Gasteiger charge is -2.28. The Hall–Kier alpha value is -4.62. The molecule has 2 fully saturated rings. The molecule has 0 N–H and O–H groups in total. The molecule has 4 nitrogen and oxygen atoms in total. The van der Waals surface area contributed by atoms with Crippen LogP contribution in [0.4, 0.5) is 43.9 Å². The van der Waals surface area contributed by atoms with Gasteiger partial charge >= 0.3 is 24.9 Å². The predicted octanol–water partition coefficient (Wildman–Crippen LogP) is 17.7. The summed E-state index contributed by atoms with van der Waals surface area (Å²) in [6.45, 7) is 4.46. The maximum atomic E-state index is 14.5. The fraction of sp³-hybridized carbons (Fsp3) is 0.547. The van der Waals surface area contributed by atoms with Gasteiger partial charge in [-0.3, -0.25) is 0 Å². The lowest BCUT2D eigenvalue weighted by Crippen LogP contribution is -2.22. The first-order valence-electron chi connectivity index (χ1n) is 23.8. The first-order chi connectivity index (χ1) is 31.8. The highest BCUT2D eigenvalue weighted by molar-refractivity contribution is 5.34. The van der Waals surface area contributed by atoms with Crippen molar-refractivity contribution in [2.45, 2.75) is 161 Å². The highest BCUT2D eigenvalue weighted by atomic mass is 19.4. The molecule has 0 bridgehead atoms. The molecule has 2 aliphatic carbocycles. The number of rotatable bonds is 21. The topological polar surface area (TPSA) is 36.9 Å². The van der Waals surface area contributed by atoms with Crippen LogP contribution in [0.5, 0.6) is 23.0 Å². The maximum absolute atomic E-state index is 14.5. The van der Waals surface area contributed by atoms with Gasteiger partial charge in [0.15, 0.2) is 0 Å². The standard InChI is InChI=1S/C27H33F5O2.C26H31F5O2/c1-2-3-4-5-20-6-8-21(9-7-20)10-11-22-12-14-23(15-13-22)26(28,29)33-24-16-18-25(19-17-24)34-27(30,31)32;1-2-3-4-19-5-7-20(8-6-19)9-10-21-11-13-22(14-12-21)25(27,28)32-23-15-17-24(18-16-23)33-26(29,30)31/h12-21H,2-11H2,1H3;11-20H,2-10H2,1H3. The Bertz CT molecular complexity index is 1980. The molecule has 6 rings (SSSR count). The summed E-state index contributed by atoms with van der Waals surface area (Å²) in [5, 5.41) is 0. The Labute approximate surface area is 388 Å². The molecule has 0 amide bonds. The van der Waals surface area contributed by atoms with Crippen LogP contribution in [0.3, 0.4) is 0 Å². The molecule has 0 heterocycles. The van der Waals surface area contributed by atoms with Gasteiger partial charge in [-0.2, -0.15) is 17.6 Å². The van der Waals surface area contributed by atoms with E-state index in [4.69, 9.17) is 9.47 Å². The van der Waals surface area contributed by atoms with Crippen LogP contribution in [0.2, 0.25) is 0 Å². The molecule has 0 atom stereocenters. The minimum absolute atomic E-state index is 0.256. The normalized spacial score (nSPS) is 19.2. The predicted molar refractivity (Wildman–Crippen MR) is 239 cm³/mol. The van der Waals surface area contributed by atoms with Crippen LogP contribution < -0.4 is 18.9 Å². The second-order valence-electron chi connectivity index (χ2n) is 18.2. The SMILES string of the molecule is CCCCC1CCC(CCc2ccc(C(F)(F)Oc3ccc(OC(F)(F)F)cc3)cc2)CC1.CCCCCC1CCC(CCc2ccc(C(F)(F)Oc3ccc(OC(F)(F)F)cc3)cc2)CC1. The summed E-state index contributed by atoms with van der Waals surface area (Å²) in [4.78, 5) is 0. The van der Waals surface area contributed by atoms with E-state index in [9.17, 15) is 43.9 Å². The van der Waals surface area contributed by atoms with Crippen molar-refractivity contribution in [2.75, 3.05) is 0 Å². The van der Waals surface area contributed by atoms with Crippen molar-refractivity contribution in [3.8, 4) is 23.0 Å². The molecule has 0 saturated heterocycles. The average molecular weight is 955 g/mol. The number of hydrogen-bond acceptors (Lipinski definition) is 4. The monoisotopic (exact) mass is 954 g/mol. The second-order valence-corrected chi connectivity index (χ2v) is 18.2. The molecule has 4 aromatic rings.